The van der Waals surface area contributed by atoms with Gasteiger partial charge in [0.05, 0.1) is 6.42 Å². The number of nitrogens with two attached hydrogens (primary N) is 1. The molecule has 11 heavy (non-hydrogen) atoms. The molecule has 1 aromatic rings. The first-order valence-corrected chi connectivity index (χ1v) is 2.96. The quantitative estimate of drug-likeness (QED) is 0.608. The SMILES string of the molecule is Nc1ncncc1CC(=O)O. The van der Waals surface area contributed by atoms with Crippen molar-refractivity contribution in [2.24, 2.45) is 0 Å². The Bertz CT molecular complexity index is 274. The van der Waals surface area contributed by atoms with Crippen molar-refractivity contribution in [2.45, 2.75) is 6.42 Å². The van der Waals surface area contributed by atoms with Crippen LogP contribution < -0.4 is 5.73 Å². The van der Waals surface area contributed by atoms with E-state index in [0.29, 0.717) is 5.56 Å². The van der Waals surface area contributed by atoms with Crippen molar-refractivity contribution >= 4 is 11.8 Å². The number of anilines is 1. The minimum Gasteiger partial charge on any atom is -0.481 e. The summed E-state index contributed by atoms with van der Waals surface area (Å²) in [6, 6.07) is 0. The fourth-order valence-corrected chi connectivity index (χ4v) is 0.667. The van der Waals surface area contributed by atoms with Crippen LogP contribution in [0.1, 0.15) is 5.56 Å². The van der Waals surface area contributed by atoms with E-state index in [1.807, 2.05) is 0 Å². The van der Waals surface area contributed by atoms with Gasteiger partial charge in [-0.1, -0.05) is 0 Å². The van der Waals surface area contributed by atoms with Crippen LogP contribution in [0.5, 0.6) is 0 Å². The van der Waals surface area contributed by atoms with E-state index < -0.39 is 5.97 Å². The average Bonchev–Trinajstić information content (AvgIpc) is 1.93. The maximum absolute atomic E-state index is 10.2. The molecule has 0 aromatic carbocycles. The Morgan fingerprint density at radius 1 is 1.73 bits per heavy atom. The van der Waals surface area contributed by atoms with Gasteiger partial charge in [0.15, 0.2) is 0 Å². The first-order chi connectivity index (χ1) is 5.20. The molecular formula is C6H7N3O2. The van der Waals surface area contributed by atoms with Crippen molar-refractivity contribution in [3.05, 3.63) is 18.1 Å². The van der Waals surface area contributed by atoms with E-state index in [0.717, 1.165) is 0 Å². The number of carboxylic acid groups (broad SMARTS) is 1. The number of nitrogen functional groups attached to an aromatic ring is 1. The highest BCUT2D eigenvalue weighted by Gasteiger charge is 2.04. The van der Waals surface area contributed by atoms with E-state index in [4.69, 9.17) is 10.8 Å². The molecule has 1 heterocycles. The monoisotopic (exact) mass is 153 g/mol. The zero-order chi connectivity index (χ0) is 8.27. The van der Waals surface area contributed by atoms with Gasteiger partial charge in [0.2, 0.25) is 0 Å². The van der Waals surface area contributed by atoms with E-state index >= 15 is 0 Å². The summed E-state index contributed by atoms with van der Waals surface area (Å²) in [5.74, 6) is -0.714. The van der Waals surface area contributed by atoms with Crippen LogP contribution in [-0.4, -0.2) is 21.0 Å². The molecule has 0 radical (unpaired) electrons. The molecule has 0 aliphatic carbocycles. The van der Waals surface area contributed by atoms with Gasteiger partial charge in [0.25, 0.3) is 0 Å². The molecule has 0 amide bonds. The lowest BCUT2D eigenvalue weighted by atomic mass is 10.2. The Morgan fingerprint density at radius 2 is 2.45 bits per heavy atom. The van der Waals surface area contributed by atoms with E-state index in [1.54, 1.807) is 0 Å². The molecule has 0 saturated carbocycles. The Kier molecular flexibility index (Phi) is 2.00. The van der Waals surface area contributed by atoms with Gasteiger partial charge >= 0.3 is 5.97 Å². The molecule has 1 rings (SSSR count). The number of carboxylic acids is 1. The van der Waals surface area contributed by atoms with Crippen LogP contribution >= 0.6 is 0 Å². The predicted octanol–water partition coefficient (Wildman–Crippen LogP) is -0.314. The summed E-state index contributed by atoms with van der Waals surface area (Å²) in [6.07, 6.45) is 2.55. The third-order valence-electron chi connectivity index (χ3n) is 1.16. The van der Waals surface area contributed by atoms with E-state index in [2.05, 4.69) is 9.97 Å². The van der Waals surface area contributed by atoms with Gasteiger partial charge in [-0.15, -0.1) is 0 Å². The maximum Gasteiger partial charge on any atom is 0.308 e. The Balaban J connectivity index is 2.86. The highest BCUT2D eigenvalue weighted by molar-refractivity contribution is 5.71. The maximum atomic E-state index is 10.2. The predicted molar refractivity (Wildman–Crippen MR) is 37.8 cm³/mol. The third-order valence-corrected chi connectivity index (χ3v) is 1.16. The normalized spacial score (nSPS) is 9.45. The van der Waals surface area contributed by atoms with Crippen LogP contribution in [0.4, 0.5) is 5.82 Å². The second kappa shape index (κ2) is 2.96. The second-order valence-electron chi connectivity index (χ2n) is 2.00. The van der Waals surface area contributed by atoms with Gasteiger partial charge < -0.3 is 10.8 Å². The summed E-state index contributed by atoms with van der Waals surface area (Å²) in [4.78, 5) is 17.5. The minimum absolute atomic E-state index is 0.132. The van der Waals surface area contributed by atoms with Crippen LogP contribution in [0.15, 0.2) is 12.5 Å². The lowest BCUT2D eigenvalue weighted by Crippen LogP contribution is -2.05. The summed E-state index contributed by atoms with van der Waals surface area (Å²) in [6.45, 7) is 0. The molecule has 0 spiro atoms. The fraction of sp³-hybridized carbons (Fsp3) is 0.167. The zero-order valence-corrected chi connectivity index (χ0v) is 5.69. The Labute approximate surface area is 62.9 Å². The van der Waals surface area contributed by atoms with Gasteiger partial charge in [-0.3, -0.25) is 4.79 Å². The van der Waals surface area contributed by atoms with Crippen molar-refractivity contribution in [1.82, 2.24) is 9.97 Å². The van der Waals surface area contributed by atoms with Crippen molar-refractivity contribution in [2.75, 3.05) is 5.73 Å². The fourth-order valence-electron chi connectivity index (χ4n) is 0.667. The van der Waals surface area contributed by atoms with Crippen LogP contribution in [0.3, 0.4) is 0 Å². The van der Waals surface area contributed by atoms with Crippen molar-refractivity contribution < 1.29 is 9.90 Å². The summed E-state index contributed by atoms with van der Waals surface area (Å²) in [5, 5.41) is 8.38. The molecule has 0 bridgehead atoms. The first-order valence-electron chi connectivity index (χ1n) is 2.96. The lowest BCUT2D eigenvalue weighted by Gasteiger charge is -1.97. The van der Waals surface area contributed by atoms with Gasteiger partial charge in [-0.25, -0.2) is 9.97 Å². The van der Waals surface area contributed by atoms with E-state index in [1.165, 1.54) is 12.5 Å². The molecule has 0 unspecified atom stereocenters. The van der Waals surface area contributed by atoms with Crippen molar-refractivity contribution in [3.8, 4) is 0 Å². The van der Waals surface area contributed by atoms with Crippen LogP contribution in [0.25, 0.3) is 0 Å². The van der Waals surface area contributed by atoms with Gasteiger partial charge in [0.1, 0.15) is 12.1 Å². The molecule has 3 N–H and O–H groups in total. The summed E-state index contributed by atoms with van der Waals surface area (Å²) < 4.78 is 0. The smallest absolute Gasteiger partial charge is 0.308 e. The van der Waals surface area contributed by atoms with E-state index in [-0.39, 0.29) is 12.2 Å². The average molecular weight is 153 g/mol. The Morgan fingerprint density at radius 3 is 3.00 bits per heavy atom. The van der Waals surface area contributed by atoms with Gasteiger partial charge in [-0.2, -0.15) is 0 Å². The number of nitrogens with zero attached hydrogens (tertiary/aromatic N) is 2. The van der Waals surface area contributed by atoms with Crippen LogP contribution in [-0.2, 0) is 11.2 Å². The third kappa shape index (κ3) is 1.89. The standard InChI is InChI=1S/C6H7N3O2/c7-6-4(1-5(10)11)2-8-3-9-6/h2-3H,1H2,(H,10,11)(H2,7,8,9). The largest absolute Gasteiger partial charge is 0.481 e. The molecule has 5 nitrogen and oxygen atoms in total. The minimum atomic E-state index is -0.938. The highest BCUT2D eigenvalue weighted by Crippen LogP contribution is 2.04. The lowest BCUT2D eigenvalue weighted by molar-refractivity contribution is -0.136. The van der Waals surface area contributed by atoms with Gasteiger partial charge in [0, 0.05) is 11.8 Å². The number of hydrogen-bond acceptors (Lipinski definition) is 4. The molecule has 0 fully saturated rings. The topological polar surface area (TPSA) is 89.1 Å². The number of aliphatic carboxylic acids is 1. The molecular weight excluding hydrogens is 146 g/mol. The van der Waals surface area contributed by atoms with E-state index in [9.17, 15) is 4.79 Å². The summed E-state index contributed by atoms with van der Waals surface area (Å²) in [5.41, 5.74) is 5.80. The number of carbonyl (C=O) groups is 1. The van der Waals surface area contributed by atoms with Crippen molar-refractivity contribution in [1.29, 1.82) is 0 Å². The Hall–Kier alpha value is -1.65. The molecule has 0 atom stereocenters. The van der Waals surface area contributed by atoms with Crippen molar-refractivity contribution in [3.63, 3.8) is 0 Å². The molecule has 0 aliphatic rings. The number of rotatable bonds is 2. The highest BCUT2D eigenvalue weighted by atomic mass is 16.4. The molecule has 58 valence electrons. The zero-order valence-electron chi connectivity index (χ0n) is 5.69. The number of aromatic nitrogens is 2. The summed E-state index contributed by atoms with van der Waals surface area (Å²) in [7, 11) is 0. The number of hydrogen-bond donors (Lipinski definition) is 2. The molecule has 0 aliphatic heterocycles. The molecule has 0 saturated heterocycles. The van der Waals surface area contributed by atoms with Crippen LogP contribution in [0.2, 0.25) is 0 Å². The second-order valence-corrected chi connectivity index (χ2v) is 2.00. The molecule has 1 aromatic heterocycles. The van der Waals surface area contributed by atoms with Gasteiger partial charge in [-0.05, 0) is 0 Å². The first kappa shape index (κ1) is 7.46. The van der Waals surface area contributed by atoms with Crippen LogP contribution in [0, 0.1) is 0 Å². The molecule has 5 heteroatoms. The summed E-state index contributed by atoms with van der Waals surface area (Å²) >= 11 is 0.